The number of carbonyl (C=O) groups excluding carboxylic acids is 1. The first kappa shape index (κ1) is 6.85. The first-order chi connectivity index (χ1) is 2.81. The van der Waals surface area contributed by atoms with Crippen LogP contribution in [0.4, 0.5) is 4.79 Å². The van der Waals surface area contributed by atoms with Gasteiger partial charge in [-0.25, -0.2) is 0 Å². The number of hydrogen-bond donors (Lipinski definition) is 0. The first-order valence-electron chi connectivity index (χ1n) is 0.946. The molecule has 0 aromatic heterocycles. The van der Waals surface area contributed by atoms with E-state index in [-0.39, 0.29) is 0 Å². The molecule has 0 aromatic carbocycles. The van der Waals surface area contributed by atoms with Gasteiger partial charge in [-0.2, -0.15) is 0 Å². The molecule has 0 saturated carbocycles. The van der Waals surface area contributed by atoms with Crippen molar-refractivity contribution in [1.29, 1.82) is 0 Å². The van der Waals surface area contributed by atoms with Crippen LogP contribution in [0.2, 0.25) is 0 Å². The van der Waals surface area contributed by atoms with Crippen molar-refractivity contribution < 1.29 is 11.0 Å². The van der Waals surface area contributed by atoms with Gasteiger partial charge in [0.25, 0.3) is 0 Å². The minimum absolute atomic E-state index is 0.649. The van der Waals surface area contributed by atoms with Crippen LogP contribution in [0.1, 0.15) is 0 Å². The van der Waals surface area contributed by atoms with Crippen molar-refractivity contribution in [3.8, 4) is 0 Å². The summed E-state index contributed by atoms with van der Waals surface area (Å²) >= 11 is 2.39. The molecule has 0 aliphatic rings. The predicted molar refractivity (Wildman–Crippen MR) is 19.1 cm³/mol. The van der Waals surface area contributed by atoms with E-state index >= 15 is 0 Å². The van der Waals surface area contributed by atoms with Crippen LogP contribution >= 0.6 is 0 Å². The van der Waals surface area contributed by atoms with Crippen molar-refractivity contribution in [3.63, 3.8) is 0 Å². The predicted octanol–water partition coefficient (Wildman–Crippen LogP) is -0.693. The van der Waals surface area contributed by atoms with Crippen molar-refractivity contribution in [1.82, 2.24) is 0 Å². The molecule has 0 N–H and O–H groups in total. The molecular formula is CO3Te2. The minimum atomic E-state index is -0.649. The summed E-state index contributed by atoms with van der Waals surface area (Å²) in [5, 5.41) is 0. The van der Waals surface area contributed by atoms with Gasteiger partial charge >= 0.3 is 62.6 Å². The van der Waals surface area contributed by atoms with Gasteiger partial charge in [0, 0.05) is 0 Å². The van der Waals surface area contributed by atoms with Crippen molar-refractivity contribution in [2.75, 3.05) is 0 Å². The van der Waals surface area contributed by atoms with Gasteiger partial charge in [0.2, 0.25) is 0 Å². The zero-order chi connectivity index (χ0) is 4.99. The summed E-state index contributed by atoms with van der Waals surface area (Å²) in [6, 6.07) is 0. The van der Waals surface area contributed by atoms with E-state index in [1.807, 2.05) is 0 Å². The fourth-order valence-electron chi connectivity index (χ4n) is 0.0139. The average molecular weight is 315 g/mol. The summed E-state index contributed by atoms with van der Waals surface area (Å²) in [6.07, 6.45) is -0.649. The monoisotopic (exact) mass is 320 g/mol. The molecule has 0 aliphatic heterocycles. The molecule has 3 nitrogen and oxygen atoms in total. The Hall–Kier alpha value is 0.849. The maximum atomic E-state index is 9.74. The number of rotatable bonds is 0. The van der Waals surface area contributed by atoms with Crippen molar-refractivity contribution in [2.24, 2.45) is 0 Å². The molecular weight excluding hydrogens is 315 g/mol. The summed E-state index contributed by atoms with van der Waals surface area (Å²) in [4.78, 5) is 9.74. The molecule has 0 heterocycles. The van der Waals surface area contributed by atoms with Crippen LogP contribution in [0, 0.1) is 0 Å². The molecule has 0 saturated heterocycles. The molecule has 0 fully saturated rings. The van der Waals surface area contributed by atoms with E-state index < -0.39 is 6.16 Å². The Morgan fingerprint density at radius 1 is 1.33 bits per heavy atom. The van der Waals surface area contributed by atoms with E-state index in [0.717, 1.165) is 0 Å². The second kappa shape index (κ2) is 4.02. The van der Waals surface area contributed by atoms with Gasteiger partial charge in [-0.15, -0.1) is 0 Å². The Bertz CT molecular complexity index is 46.8. The maximum absolute atomic E-state index is 9.74. The third-order valence-corrected chi connectivity index (χ3v) is 0.913. The van der Waals surface area contributed by atoms with Crippen LogP contribution in [0.25, 0.3) is 0 Å². The first-order valence-corrected chi connectivity index (χ1v) is 2.85. The zero-order valence-electron chi connectivity index (χ0n) is 2.54. The zero-order valence-corrected chi connectivity index (χ0v) is 7.20. The molecule has 0 atom stereocenters. The molecule has 0 aromatic rings. The molecule has 0 spiro atoms. The second-order valence-corrected chi connectivity index (χ2v) is 1.37. The van der Waals surface area contributed by atoms with Gasteiger partial charge in [-0.05, 0) is 0 Å². The van der Waals surface area contributed by atoms with Crippen LogP contribution in [0.15, 0.2) is 0 Å². The van der Waals surface area contributed by atoms with Gasteiger partial charge < -0.3 is 0 Å². The summed E-state index contributed by atoms with van der Waals surface area (Å²) in [7, 11) is 0. The quantitative estimate of drug-likeness (QED) is 0.555. The van der Waals surface area contributed by atoms with Crippen molar-refractivity contribution >= 4 is 51.6 Å². The van der Waals surface area contributed by atoms with Crippen molar-refractivity contribution in [3.05, 3.63) is 0 Å². The fourth-order valence-corrected chi connectivity index (χ4v) is 0.625. The normalized spacial score (nSPS) is 7.00. The summed E-state index contributed by atoms with van der Waals surface area (Å²) in [5.41, 5.74) is 0. The summed E-state index contributed by atoms with van der Waals surface area (Å²) in [6.45, 7) is 0. The van der Waals surface area contributed by atoms with Gasteiger partial charge in [-0.3, -0.25) is 0 Å². The molecule has 0 unspecified atom stereocenters. The van der Waals surface area contributed by atoms with Crippen LogP contribution in [-0.4, -0.2) is 51.6 Å². The molecule has 0 rings (SSSR count). The van der Waals surface area contributed by atoms with E-state index in [0.29, 0.717) is 0 Å². The third-order valence-electron chi connectivity index (χ3n) is 0.136. The SMILES string of the molecule is O=C(O[Te])O[Te]. The van der Waals surface area contributed by atoms with Gasteiger partial charge in [0.15, 0.2) is 0 Å². The summed E-state index contributed by atoms with van der Waals surface area (Å²) < 4.78 is 8.10. The number of carbonyl (C=O) groups is 1. The van der Waals surface area contributed by atoms with Crippen molar-refractivity contribution in [2.45, 2.75) is 0 Å². The Balaban J connectivity index is 2.99. The van der Waals surface area contributed by atoms with Gasteiger partial charge in [-0.1, -0.05) is 0 Å². The second-order valence-electron chi connectivity index (χ2n) is 0.417. The molecule has 2 radical (unpaired) electrons. The standard InChI is InChI=1S/CO3Te2/c2-1(3-5)4-6. The van der Waals surface area contributed by atoms with E-state index in [2.05, 4.69) is 6.20 Å². The molecule has 5 heteroatoms. The Labute approximate surface area is 62.3 Å². The van der Waals surface area contributed by atoms with Gasteiger partial charge in [0.1, 0.15) is 0 Å². The Kier molecular flexibility index (Phi) is 4.59. The third kappa shape index (κ3) is 3.06. The average Bonchev–Trinajstić information content (AvgIpc) is 1.65. The Morgan fingerprint density at radius 2 is 1.67 bits per heavy atom. The van der Waals surface area contributed by atoms with Crippen LogP contribution in [0.3, 0.4) is 0 Å². The Morgan fingerprint density at radius 3 is 1.67 bits per heavy atom. The molecule has 0 amide bonds. The summed E-state index contributed by atoms with van der Waals surface area (Å²) in [5.74, 6) is 0. The topological polar surface area (TPSA) is 35.5 Å². The van der Waals surface area contributed by atoms with Crippen LogP contribution in [-0.2, 0) is 6.20 Å². The molecule has 0 aliphatic carbocycles. The molecule has 34 valence electrons. The van der Waals surface area contributed by atoms with Gasteiger partial charge in [0.05, 0.1) is 0 Å². The number of hydrogen-bond acceptors (Lipinski definition) is 3. The van der Waals surface area contributed by atoms with E-state index in [1.165, 1.54) is 45.4 Å². The van der Waals surface area contributed by atoms with Crippen LogP contribution < -0.4 is 0 Å². The molecule has 0 bridgehead atoms. The van der Waals surface area contributed by atoms with E-state index in [9.17, 15) is 4.79 Å². The van der Waals surface area contributed by atoms with E-state index in [4.69, 9.17) is 0 Å². The van der Waals surface area contributed by atoms with Crippen LogP contribution in [0.5, 0.6) is 0 Å². The molecule has 6 heavy (non-hydrogen) atoms. The van der Waals surface area contributed by atoms with E-state index in [1.54, 1.807) is 0 Å². The fraction of sp³-hybridized carbons (Fsp3) is 0.